The number of aryl methyl sites for hydroxylation is 2. The van der Waals surface area contributed by atoms with E-state index in [4.69, 9.17) is 19.2 Å². The molecule has 3 aromatic carbocycles. The van der Waals surface area contributed by atoms with Crippen LogP contribution in [0.25, 0.3) is 0 Å². The molecule has 3 aliphatic rings. The molecule has 3 heterocycles. The summed E-state index contributed by atoms with van der Waals surface area (Å²) in [5, 5.41) is 0. The van der Waals surface area contributed by atoms with Gasteiger partial charge in [0.1, 0.15) is 17.3 Å². The van der Waals surface area contributed by atoms with Crippen molar-refractivity contribution >= 4 is 17.4 Å². The second-order valence-electron chi connectivity index (χ2n) is 9.37. The number of ether oxygens (including phenoxy) is 3. The molecule has 0 aromatic heterocycles. The number of amidine groups is 1. The number of piperazine rings is 1. The van der Waals surface area contributed by atoms with Crippen molar-refractivity contribution in [1.82, 2.24) is 9.80 Å². The number of amides is 1. The fourth-order valence-electron chi connectivity index (χ4n) is 4.88. The Labute approximate surface area is 204 Å². The second-order valence-corrected chi connectivity index (χ2v) is 9.37. The molecule has 1 fully saturated rings. The quantitative estimate of drug-likeness (QED) is 0.498. The third-order valence-electron chi connectivity index (χ3n) is 6.74. The normalized spacial score (nSPS) is 18.3. The molecule has 1 amide bonds. The van der Waals surface area contributed by atoms with Crippen molar-refractivity contribution in [1.29, 1.82) is 0 Å². The van der Waals surface area contributed by atoms with Gasteiger partial charge in [-0.2, -0.15) is 0 Å². The lowest BCUT2D eigenvalue weighted by atomic mass is 10.1. The highest BCUT2D eigenvalue weighted by Crippen LogP contribution is 2.39. The highest BCUT2D eigenvalue weighted by Gasteiger charge is 2.32. The molecule has 178 valence electrons. The van der Waals surface area contributed by atoms with Crippen molar-refractivity contribution in [3.05, 3.63) is 76.9 Å². The van der Waals surface area contributed by atoms with E-state index in [1.54, 1.807) is 18.2 Å². The Kier molecular flexibility index (Phi) is 5.13. The fourth-order valence-corrected chi connectivity index (χ4v) is 4.88. The minimum absolute atomic E-state index is 0.000656. The van der Waals surface area contributed by atoms with Crippen LogP contribution in [0.15, 0.2) is 59.6 Å². The molecule has 0 bridgehead atoms. The summed E-state index contributed by atoms with van der Waals surface area (Å²) in [6.45, 7) is 8.34. The Morgan fingerprint density at radius 1 is 0.886 bits per heavy atom. The average Bonchev–Trinajstić information content (AvgIpc) is 3.26. The first-order valence-electron chi connectivity index (χ1n) is 11.9. The molecule has 1 unspecified atom stereocenters. The van der Waals surface area contributed by atoms with E-state index in [1.807, 2.05) is 30.0 Å². The molecule has 3 aromatic rings. The van der Waals surface area contributed by atoms with E-state index in [9.17, 15) is 4.79 Å². The molecule has 1 saturated heterocycles. The molecule has 0 radical (unpaired) electrons. The van der Waals surface area contributed by atoms with Gasteiger partial charge in [-0.05, 0) is 68.8 Å². The van der Waals surface area contributed by atoms with Gasteiger partial charge in [-0.15, -0.1) is 0 Å². The van der Waals surface area contributed by atoms with E-state index < -0.39 is 0 Å². The Morgan fingerprint density at radius 2 is 1.66 bits per heavy atom. The van der Waals surface area contributed by atoms with Crippen molar-refractivity contribution in [2.75, 3.05) is 26.4 Å². The van der Waals surface area contributed by atoms with Crippen LogP contribution < -0.4 is 14.2 Å². The van der Waals surface area contributed by atoms with Gasteiger partial charge in [0.05, 0.1) is 5.56 Å². The molecule has 1 atom stereocenters. The Bertz CT molecular complexity index is 1370. The van der Waals surface area contributed by atoms with Crippen LogP contribution >= 0.6 is 0 Å². The van der Waals surface area contributed by atoms with Gasteiger partial charge >= 0.3 is 0 Å². The van der Waals surface area contributed by atoms with Crippen LogP contribution in [0.5, 0.6) is 23.0 Å². The fraction of sp³-hybridized carbons (Fsp3) is 0.286. The molecule has 6 rings (SSSR count). The summed E-state index contributed by atoms with van der Waals surface area (Å²) >= 11 is 0. The van der Waals surface area contributed by atoms with E-state index >= 15 is 0 Å². The molecule has 0 N–H and O–H groups in total. The maximum atomic E-state index is 13.3. The number of aliphatic imine (C=N–C) groups is 1. The summed E-state index contributed by atoms with van der Waals surface area (Å²) in [7, 11) is 0. The number of benzene rings is 3. The summed E-state index contributed by atoms with van der Waals surface area (Å²) in [5.41, 5.74) is 4.67. The molecule has 0 spiro atoms. The minimum Gasteiger partial charge on any atom is -0.454 e. The number of hydrogen-bond acceptors (Lipinski definition) is 6. The van der Waals surface area contributed by atoms with Gasteiger partial charge in [-0.3, -0.25) is 4.79 Å². The van der Waals surface area contributed by atoms with Crippen molar-refractivity contribution < 1.29 is 19.0 Å². The number of carbonyl (C=O) groups is 1. The Morgan fingerprint density at radius 3 is 2.51 bits per heavy atom. The zero-order valence-electron chi connectivity index (χ0n) is 20.1. The highest BCUT2D eigenvalue weighted by molar-refractivity contribution is 6.04. The number of rotatable bonds is 1. The van der Waals surface area contributed by atoms with E-state index in [0.29, 0.717) is 36.7 Å². The molecular formula is C28H27N3O4. The summed E-state index contributed by atoms with van der Waals surface area (Å²) in [6.07, 6.45) is 0. The number of nitrogens with zero attached hydrogens (tertiary/aromatic N) is 3. The number of hydrogen-bond donors (Lipinski definition) is 0. The van der Waals surface area contributed by atoms with Crippen molar-refractivity contribution in [3.8, 4) is 23.0 Å². The molecule has 35 heavy (non-hydrogen) atoms. The summed E-state index contributed by atoms with van der Waals surface area (Å²) in [5.74, 6) is 3.74. The van der Waals surface area contributed by atoms with Crippen LogP contribution in [0.1, 0.15) is 34.0 Å². The SMILES string of the molecule is Cc1ccc2c(c1)Oc1ccc(C)cc1C(N1CCN(C(=O)c3ccc4c(c3)OCO4)C(C)C1)=N2. The monoisotopic (exact) mass is 469 g/mol. The van der Waals surface area contributed by atoms with Gasteiger partial charge in [-0.1, -0.05) is 17.7 Å². The van der Waals surface area contributed by atoms with E-state index in [-0.39, 0.29) is 18.7 Å². The molecule has 0 aliphatic carbocycles. The third kappa shape index (κ3) is 3.87. The summed E-state index contributed by atoms with van der Waals surface area (Å²) < 4.78 is 17.2. The number of fused-ring (bicyclic) bond motifs is 3. The Hall–Kier alpha value is -4.00. The smallest absolute Gasteiger partial charge is 0.254 e. The van der Waals surface area contributed by atoms with Crippen LogP contribution in [0.2, 0.25) is 0 Å². The third-order valence-corrected chi connectivity index (χ3v) is 6.74. The largest absolute Gasteiger partial charge is 0.454 e. The first kappa shape index (κ1) is 21.5. The maximum Gasteiger partial charge on any atom is 0.254 e. The van der Waals surface area contributed by atoms with Gasteiger partial charge in [0, 0.05) is 31.2 Å². The van der Waals surface area contributed by atoms with Gasteiger partial charge in [0.2, 0.25) is 6.79 Å². The maximum absolute atomic E-state index is 13.3. The topological polar surface area (TPSA) is 63.6 Å². The van der Waals surface area contributed by atoms with E-state index in [1.165, 1.54) is 0 Å². The second kappa shape index (κ2) is 8.34. The number of carbonyl (C=O) groups excluding carboxylic acids is 1. The first-order chi connectivity index (χ1) is 17.0. The predicted octanol–water partition coefficient (Wildman–Crippen LogP) is 5.06. The standard InChI is InChI=1S/C28H27N3O4/c1-17-5-8-23-21(12-17)27(29-22-7-4-18(2)13-25(22)35-23)30-10-11-31(19(3)15-30)28(32)20-6-9-24-26(14-20)34-16-33-24/h4-9,12-14,19H,10-11,15-16H2,1-3H3. The van der Waals surface area contributed by atoms with Crippen molar-refractivity contribution in [2.24, 2.45) is 4.99 Å². The zero-order chi connectivity index (χ0) is 24.1. The highest BCUT2D eigenvalue weighted by atomic mass is 16.7. The van der Waals surface area contributed by atoms with Crippen LogP contribution in [0, 0.1) is 13.8 Å². The lowest BCUT2D eigenvalue weighted by Crippen LogP contribution is -2.55. The Balaban J connectivity index is 1.29. The van der Waals surface area contributed by atoms with Crippen LogP contribution in [-0.4, -0.2) is 54.0 Å². The van der Waals surface area contributed by atoms with Crippen LogP contribution in [0.3, 0.4) is 0 Å². The summed E-state index contributed by atoms with van der Waals surface area (Å²) in [6, 6.07) is 17.7. The zero-order valence-corrected chi connectivity index (χ0v) is 20.1. The van der Waals surface area contributed by atoms with Gasteiger partial charge < -0.3 is 24.0 Å². The van der Waals surface area contributed by atoms with Crippen molar-refractivity contribution in [2.45, 2.75) is 26.8 Å². The lowest BCUT2D eigenvalue weighted by molar-refractivity contribution is 0.0581. The molecule has 7 heteroatoms. The van der Waals surface area contributed by atoms with Crippen molar-refractivity contribution in [3.63, 3.8) is 0 Å². The van der Waals surface area contributed by atoms with E-state index in [0.717, 1.165) is 39.7 Å². The predicted molar refractivity (Wildman–Crippen MR) is 133 cm³/mol. The van der Waals surface area contributed by atoms with Gasteiger partial charge in [0.15, 0.2) is 17.2 Å². The lowest BCUT2D eigenvalue weighted by Gasteiger charge is -2.41. The van der Waals surface area contributed by atoms with Gasteiger partial charge in [0.25, 0.3) is 5.91 Å². The molecular weight excluding hydrogens is 442 g/mol. The molecule has 0 saturated carbocycles. The molecule has 7 nitrogen and oxygen atoms in total. The first-order valence-corrected chi connectivity index (χ1v) is 11.9. The summed E-state index contributed by atoms with van der Waals surface area (Å²) in [4.78, 5) is 22.6. The minimum atomic E-state index is -0.00125. The van der Waals surface area contributed by atoms with Crippen LogP contribution in [-0.2, 0) is 0 Å². The molecule has 3 aliphatic heterocycles. The van der Waals surface area contributed by atoms with Crippen LogP contribution in [0.4, 0.5) is 5.69 Å². The van der Waals surface area contributed by atoms with E-state index in [2.05, 4.69) is 36.9 Å². The van der Waals surface area contributed by atoms with Gasteiger partial charge in [-0.25, -0.2) is 4.99 Å². The average molecular weight is 470 g/mol.